The molecule has 1 amide bonds. The molecule has 9 heteroatoms. The smallest absolute Gasteiger partial charge is 0.253 e. The van der Waals surface area contributed by atoms with E-state index in [2.05, 4.69) is 19.8 Å². The molecule has 2 saturated heterocycles. The van der Waals surface area contributed by atoms with Gasteiger partial charge in [0.05, 0.1) is 24.5 Å². The Kier molecular flexibility index (Phi) is 7.88. The van der Waals surface area contributed by atoms with Crippen LogP contribution in [-0.4, -0.2) is 83.5 Å². The Balaban J connectivity index is 1.54. The van der Waals surface area contributed by atoms with Gasteiger partial charge < -0.3 is 15.0 Å². The predicted octanol–water partition coefficient (Wildman–Crippen LogP) is 0.657. The van der Waals surface area contributed by atoms with Crippen LogP contribution in [0.1, 0.15) is 30.1 Å². The van der Waals surface area contributed by atoms with E-state index in [-0.39, 0.29) is 17.7 Å². The van der Waals surface area contributed by atoms with Crippen LogP contribution in [0.5, 0.6) is 0 Å². The highest BCUT2D eigenvalue weighted by molar-refractivity contribution is 7.89. The molecule has 2 N–H and O–H groups in total. The maximum atomic E-state index is 12.8. The van der Waals surface area contributed by atoms with Crippen molar-refractivity contribution >= 4 is 21.6 Å². The fourth-order valence-electron chi connectivity index (χ4n) is 3.76. The van der Waals surface area contributed by atoms with Crippen LogP contribution in [0.2, 0.25) is 0 Å². The summed E-state index contributed by atoms with van der Waals surface area (Å²) in [6.45, 7) is 7.82. The van der Waals surface area contributed by atoms with Crippen molar-refractivity contribution in [3.8, 4) is 0 Å². The van der Waals surface area contributed by atoms with Crippen molar-refractivity contribution in [2.24, 2.45) is 0 Å². The van der Waals surface area contributed by atoms with E-state index in [4.69, 9.17) is 4.74 Å². The lowest BCUT2D eigenvalue weighted by atomic mass is 10.0. The Labute approximate surface area is 173 Å². The second kappa shape index (κ2) is 10.4. The van der Waals surface area contributed by atoms with Crippen LogP contribution in [0.3, 0.4) is 0 Å². The highest BCUT2D eigenvalue weighted by atomic mass is 32.2. The van der Waals surface area contributed by atoms with E-state index in [1.54, 1.807) is 6.92 Å². The van der Waals surface area contributed by atoms with Gasteiger partial charge in [0.25, 0.3) is 5.91 Å². The molecule has 0 saturated carbocycles. The van der Waals surface area contributed by atoms with Gasteiger partial charge in [-0.15, -0.1) is 0 Å². The average Bonchev–Trinajstić information content (AvgIpc) is 2.75. The normalized spacial score (nSPS) is 19.3. The number of ether oxygens (including phenoxy) is 1. The molecule has 0 spiro atoms. The van der Waals surface area contributed by atoms with Crippen LogP contribution in [0.25, 0.3) is 0 Å². The molecule has 0 atom stereocenters. The Morgan fingerprint density at radius 3 is 2.52 bits per heavy atom. The molecule has 2 aliphatic heterocycles. The summed E-state index contributed by atoms with van der Waals surface area (Å²) in [7, 11) is -3.19. The van der Waals surface area contributed by atoms with Crippen molar-refractivity contribution in [1.29, 1.82) is 0 Å². The first kappa shape index (κ1) is 22.0. The van der Waals surface area contributed by atoms with E-state index in [0.717, 1.165) is 64.5 Å². The number of hydrogen-bond acceptors (Lipinski definition) is 6. The van der Waals surface area contributed by atoms with Crippen molar-refractivity contribution in [1.82, 2.24) is 14.9 Å². The molecule has 0 aliphatic carbocycles. The van der Waals surface area contributed by atoms with E-state index in [1.165, 1.54) is 0 Å². The molecule has 0 radical (unpaired) electrons. The van der Waals surface area contributed by atoms with E-state index < -0.39 is 10.0 Å². The number of amides is 1. The van der Waals surface area contributed by atoms with Gasteiger partial charge in [0, 0.05) is 51.0 Å². The lowest BCUT2D eigenvalue weighted by Gasteiger charge is -2.34. The van der Waals surface area contributed by atoms with Crippen LogP contribution < -0.4 is 14.9 Å². The fraction of sp³-hybridized carbons (Fsp3) is 0.650. The Morgan fingerprint density at radius 1 is 1.14 bits per heavy atom. The molecular weight excluding hydrogens is 392 g/mol. The average molecular weight is 425 g/mol. The summed E-state index contributed by atoms with van der Waals surface area (Å²) in [5.41, 5.74) is 1.58. The zero-order chi connectivity index (χ0) is 20.7. The summed E-state index contributed by atoms with van der Waals surface area (Å²) in [5.74, 6) is 0.0309. The van der Waals surface area contributed by atoms with Crippen LogP contribution >= 0.6 is 0 Å². The number of nitrogens with zero attached hydrogens (tertiary/aromatic N) is 2. The molecule has 3 rings (SSSR count). The van der Waals surface area contributed by atoms with Crippen molar-refractivity contribution in [3.63, 3.8) is 0 Å². The standard InChI is InChI=1S/C20H32N4O4S/c1-2-29(26,27)22-17-7-10-24(11-8-17)19-6-4-3-5-18(19)20(25)21-9-12-23-13-15-28-16-14-23/h3-6,17,22H,2,7-16H2,1H3,(H,21,25). The molecule has 2 heterocycles. The minimum atomic E-state index is -3.19. The summed E-state index contributed by atoms with van der Waals surface area (Å²) in [6.07, 6.45) is 1.46. The van der Waals surface area contributed by atoms with Crippen LogP contribution in [-0.2, 0) is 14.8 Å². The summed E-state index contributed by atoms with van der Waals surface area (Å²) in [6, 6.07) is 7.60. The number of anilines is 1. The molecule has 162 valence electrons. The summed E-state index contributed by atoms with van der Waals surface area (Å²) < 4.78 is 31.7. The minimum absolute atomic E-state index is 0.0364. The Morgan fingerprint density at radius 2 is 1.83 bits per heavy atom. The van der Waals surface area contributed by atoms with Crippen LogP contribution in [0.4, 0.5) is 5.69 Å². The Hall–Kier alpha value is -1.68. The number of carbonyl (C=O) groups excluding carboxylic acids is 1. The van der Waals surface area contributed by atoms with Gasteiger partial charge >= 0.3 is 0 Å². The van der Waals surface area contributed by atoms with Gasteiger partial charge in [-0.1, -0.05) is 12.1 Å². The van der Waals surface area contributed by atoms with E-state index >= 15 is 0 Å². The van der Waals surface area contributed by atoms with E-state index in [1.807, 2.05) is 24.3 Å². The molecule has 2 aliphatic rings. The second-order valence-electron chi connectivity index (χ2n) is 7.51. The maximum absolute atomic E-state index is 12.8. The highest BCUT2D eigenvalue weighted by Crippen LogP contribution is 2.24. The van der Waals surface area contributed by atoms with Gasteiger partial charge in [0.15, 0.2) is 0 Å². The molecule has 8 nitrogen and oxygen atoms in total. The number of hydrogen-bond donors (Lipinski definition) is 2. The molecule has 0 bridgehead atoms. The molecule has 29 heavy (non-hydrogen) atoms. The summed E-state index contributed by atoms with van der Waals surface area (Å²) in [5, 5.41) is 3.03. The molecule has 0 unspecified atom stereocenters. The third-order valence-corrected chi connectivity index (χ3v) is 6.98. The first-order valence-electron chi connectivity index (χ1n) is 10.4. The minimum Gasteiger partial charge on any atom is -0.379 e. The van der Waals surface area contributed by atoms with Gasteiger partial charge in [-0.3, -0.25) is 9.69 Å². The largest absolute Gasteiger partial charge is 0.379 e. The number of morpholine rings is 1. The number of benzene rings is 1. The number of nitrogens with one attached hydrogen (secondary N) is 2. The van der Waals surface area contributed by atoms with Crippen molar-refractivity contribution in [3.05, 3.63) is 29.8 Å². The molecular formula is C20H32N4O4S. The fourth-order valence-corrected chi connectivity index (χ4v) is 4.67. The molecule has 1 aromatic carbocycles. The lowest BCUT2D eigenvalue weighted by molar-refractivity contribution is 0.0383. The molecule has 0 aromatic heterocycles. The lowest BCUT2D eigenvalue weighted by Crippen LogP contribution is -2.45. The number of sulfonamides is 1. The quantitative estimate of drug-likeness (QED) is 0.637. The summed E-state index contributed by atoms with van der Waals surface area (Å²) in [4.78, 5) is 17.2. The zero-order valence-corrected chi connectivity index (χ0v) is 17.9. The first-order valence-corrected chi connectivity index (χ1v) is 12.1. The SMILES string of the molecule is CCS(=O)(=O)NC1CCN(c2ccccc2C(=O)NCCN2CCOCC2)CC1. The van der Waals surface area contributed by atoms with Crippen LogP contribution in [0, 0.1) is 0 Å². The number of carbonyl (C=O) groups is 1. The topological polar surface area (TPSA) is 91.0 Å². The van der Waals surface area contributed by atoms with Crippen LogP contribution in [0.15, 0.2) is 24.3 Å². The Bertz CT molecular complexity index is 772. The van der Waals surface area contributed by atoms with Crippen molar-refractivity contribution in [2.75, 3.05) is 63.1 Å². The zero-order valence-electron chi connectivity index (χ0n) is 17.1. The number of rotatable bonds is 8. The predicted molar refractivity (Wildman–Crippen MR) is 114 cm³/mol. The highest BCUT2D eigenvalue weighted by Gasteiger charge is 2.25. The number of para-hydroxylation sites is 1. The van der Waals surface area contributed by atoms with Gasteiger partial charge in [-0.2, -0.15) is 0 Å². The third-order valence-electron chi connectivity index (χ3n) is 5.53. The molecule has 1 aromatic rings. The maximum Gasteiger partial charge on any atom is 0.253 e. The van der Waals surface area contributed by atoms with Gasteiger partial charge in [0.2, 0.25) is 10.0 Å². The van der Waals surface area contributed by atoms with Gasteiger partial charge in [-0.05, 0) is 31.9 Å². The monoisotopic (exact) mass is 424 g/mol. The van der Waals surface area contributed by atoms with E-state index in [9.17, 15) is 13.2 Å². The number of piperidine rings is 1. The molecule has 2 fully saturated rings. The third kappa shape index (κ3) is 6.40. The van der Waals surface area contributed by atoms with Crippen molar-refractivity contribution in [2.45, 2.75) is 25.8 Å². The van der Waals surface area contributed by atoms with Gasteiger partial charge in [-0.25, -0.2) is 13.1 Å². The second-order valence-corrected chi connectivity index (χ2v) is 9.55. The van der Waals surface area contributed by atoms with Crippen molar-refractivity contribution < 1.29 is 17.9 Å². The first-order chi connectivity index (χ1) is 14.0. The van der Waals surface area contributed by atoms with E-state index in [0.29, 0.717) is 12.1 Å². The summed E-state index contributed by atoms with van der Waals surface area (Å²) >= 11 is 0. The van der Waals surface area contributed by atoms with Gasteiger partial charge in [0.1, 0.15) is 0 Å².